The van der Waals surface area contributed by atoms with Gasteiger partial charge in [0.25, 0.3) is 5.91 Å². The van der Waals surface area contributed by atoms with Crippen LogP contribution in [0.15, 0.2) is 90.0 Å². The molecule has 3 heterocycles. The number of carbonyl (C=O) groups is 1. The minimum absolute atomic E-state index is 0.0966. The van der Waals surface area contributed by atoms with Crippen LogP contribution in [0.25, 0.3) is 22.6 Å². The highest BCUT2D eigenvalue weighted by Gasteiger charge is 2.33. The van der Waals surface area contributed by atoms with Crippen LogP contribution in [0.5, 0.6) is 0 Å². The molecule has 2 aliphatic rings. The minimum atomic E-state index is 0.0966. The quantitative estimate of drug-likeness (QED) is 0.314. The Hall–Kier alpha value is -3.28. The molecule has 1 amide bonds. The van der Waals surface area contributed by atoms with Crippen LogP contribution in [-0.2, 0) is 4.79 Å². The van der Waals surface area contributed by atoms with E-state index < -0.39 is 0 Å². The highest BCUT2D eigenvalue weighted by Crippen LogP contribution is 2.39. The van der Waals surface area contributed by atoms with Crippen LogP contribution >= 0.6 is 11.9 Å². The number of likely N-dealkylation sites (tertiary alicyclic amines) is 1. The monoisotopic (exact) mass is 465 g/mol. The number of aromatic nitrogens is 1. The van der Waals surface area contributed by atoms with Crippen molar-refractivity contribution in [3.05, 3.63) is 96.2 Å². The standard InChI is InChI=1S/C29H27N3OS/c33-29-26(25-14-6-7-15-27(25)31(29)21-30-17-9-2-10-18-30)19-22-20-32(28-16-8-5-13-24(22)28)34-23-11-3-1-4-12-23/h1,3-8,11-16,19-20H,2,9-10,17-18,21H2/b26-19-. The van der Waals surface area contributed by atoms with Crippen molar-refractivity contribution >= 4 is 46.1 Å². The van der Waals surface area contributed by atoms with E-state index in [1.807, 2.05) is 23.1 Å². The number of carbonyl (C=O) groups excluding carboxylic acids is 1. The smallest absolute Gasteiger partial charge is 0.260 e. The molecule has 0 atom stereocenters. The zero-order valence-corrected chi connectivity index (χ0v) is 19.9. The summed E-state index contributed by atoms with van der Waals surface area (Å²) in [6.45, 7) is 2.79. The lowest BCUT2D eigenvalue weighted by Gasteiger charge is -2.30. The Morgan fingerprint density at radius 1 is 0.824 bits per heavy atom. The van der Waals surface area contributed by atoms with Crippen molar-refractivity contribution in [1.82, 2.24) is 8.87 Å². The molecule has 1 aromatic heterocycles. The number of amides is 1. The number of piperidine rings is 1. The van der Waals surface area contributed by atoms with Crippen molar-refractivity contribution in [2.75, 3.05) is 24.7 Å². The van der Waals surface area contributed by atoms with Crippen molar-refractivity contribution in [2.24, 2.45) is 0 Å². The maximum atomic E-state index is 13.7. The summed E-state index contributed by atoms with van der Waals surface area (Å²) in [6.07, 6.45) is 7.95. The predicted molar refractivity (Wildman–Crippen MR) is 142 cm³/mol. The molecule has 0 spiro atoms. The number of anilines is 1. The molecular formula is C29H27N3OS. The van der Waals surface area contributed by atoms with E-state index in [1.54, 1.807) is 11.9 Å². The summed E-state index contributed by atoms with van der Waals surface area (Å²) in [5.41, 5.74) is 5.04. The van der Waals surface area contributed by atoms with E-state index in [-0.39, 0.29) is 5.91 Å². The van der Waals surface area contributed by atoms with Gasteiger partial charge in [-0.1, -0.05) is 61.0 Å². The summed E-state index contributed by atoms with van der Waals surface area (Å²) in [5, 5.41) is 1.15. The molecule has 0 bridgehead atoms. The van der Waals surface area contributed by atoms with Crippen LogP contribution < -0.4 is 4.90 Å². The van der Waals surface area contributed by atoms with Gasteiger partial charge in [0.15, 0.2) is 0 Å². The molecule has 1 saturated heterocycles. The first kappa shape index (κ1) is 21.3. The van der Waals surface area contributed by atoms with E-state index in [9.17, 15) is 4.79 Å². The van der Waals surface area contributed by atoms with E-state index >= 15 is 0 Å². The van der Waals surface area contributed by atoms with Crippen LogP contribution in [0.4, 0.5) is 5.69 Å². The molecule has 3 aromatic carbocycles. The second kappa shape index (κ2) is 9.16. The van der Waals surface area contributed by atoms with Gasteiger partial charge in [-0.3, -0.25) is 18.6 Å². The van der Waals surface area contributed by atoms with E-state index in [2.05, 4.69) is 81.8 Å². The average molecular weight is 466 g/mol. The normalized spacial score (nSPS) is 17.6. The molecule has 4 nitrogen and oxygen atoms in total. The zero-order valence-electron chi connectivity index (χ0n) is 19.1. The molecular weight excluding hydrogens is 438 g/mol. The minimum Gasteiger partial charge on any atom is -0.294 e. The summed E-state index contributed by atoms with van der Waals surface area (Å²) < 4.78 is 2.20. The summed E-state index contributed by atoms with van der Waals surface area (Å²) in [6, 6.07) is 27.0. The largest absolute Gasteiger partial charge is 0.294 e. The summed E-state index contributed by atoms with van der Waals surface area (Å²) in [7, 11) is 0. The molecule has 0 unspecified atom stereocenters. The third-order valence-corrected chi connectivity index (χ3v) is 7.69. The fourth-order valence-corrected chi connectivity index (χ4v) is 5.93. The number of hydrogen-bond donors (Lipinski definition) is 0. The Kier molecular flexibility index (Phi) is 5.73. The second-order valence-corrected chi connectivity index (χ2v) is 10.0. The van der Waals surface area contributed by atoms with Gasteiger partial charge in [0.1, 0.15) is 0 Å². The fourth-order valence-electron chi connectivity index (χ4n) is 5.00. The SMILES string of the molecule is O=C1/C(=C\c2cn(Sc3ccccc3)c3ccccc23)c2ccccc2N1CN1CCCCC1. The second-order valence-electron chi connectivity index (χ2n) is 8.96. The molecule has 5 heteroatoms. The molecule has 34 heavy (non-hydrogen) atoms. The number of nitrogens with zero attached hydrogens (tertiary/aromatic N) is 3. The van der Waals surface area contributed by atoms with Crippen molar-refractivity contribution in [2.45, 2.75) is 24.2 Å². The zero-order chi connectivity index (χ0) is 22.9. The third-order valence-electron chi connectivity index (χ3n) is 6.71. The Balaban J connectivity index is 1.39. The van der Waals surface area contributed by atoms with Crippen molar-refractivity contribution in [3.63, 3.8) is 0 Å². The molecule has 170 valence electrons. The van der Waals surface area contributed by atoms with Crippen LogP contribution in [0.1, 0.15) is 30.4 Å². The number of rotatable bonds is 5. The Morgan fingerprint density at radius 3 is 2.41 bits per heavy atom. The van der Waals surface area contributed by atoms with Crippen molar-refractivity contribution in [1.29, 1.82) is 0 Å². The van der Waals surface area contributed by atoms with E-state index in [1.165, 1.54) is 24.2 Å². The van der Waals surface area contributed by atoms with Crippen molar-refractivity contribution in [3.8, 4) is 0 Å². The molecule has 6 rings (SSSR count). The van der Waals surface area contributed by atoms with Gasteiger partial charge in [0.2, 0.25) is 0 Å². The maximum absolute atomic E-state index is 13.7. The number of para-hydroxylation sites is 2. The lowest BCUT2D eigenvalue weighted by molar-refractivity contribution is -0.113. The van der Waals surface area contributed by atoms with Gasteiger partial charge >= 0.3 is 0 Å². The van der Waals surface area contributed by atoms with Crippen LogP contribution in [0.2, 0.25) is 0 Å². The highest BCUT2D eigenvalue weighted by molar-refractivity contribution is 7.98. The first-order valence-electron chi connectivity index (χ1n) is 12.0. The van der Waals surface area contributed by atoms with Crippen LogP contribution in [-0.4, -0.2) is 34.5 Å². The molecule has 2 aliphatic heterocycles. The number of fused-ring (bicyclic) bond motifs is 2. The molecule has 1 fully saturated rings. The van der Waals surface area contributed by atoms with Crippen LogP contribution in [0, 0.1) is 0 Å². The van der Waals surface area contributed by atoms with E-state index in [4.69, 9.17) is 0 Å². The fraction of sp³-hybridized carbons (Fsp3) is 0.207. The Morgan fingerprint density at radius 2 is 1.56 bits per heavy atom. The highest BCUT2D eigenvalue weighted by atomic mass is 32.2. The molecule has 0 aliphatic carbocycles. The maximum Gasteiger partial charge on any atom is 0.260 e. The summed E-state index contributed by atoms with van der Waals surface area (Å²) >= 11 is 1.69. The van der Waals surface area contributed by atoms with Gasteiger partial charge in [0.05, 0.1) is 17.9 Å². The third kappa shape index (κ3) is 3.95. The molecule has 0 N–H and O–H groups in total. The molecule has 0 saturated carbocycles. The van der Waals surface area contributed by atoms with E-state index in [0.717, 1.165) is 46.4 Å². The number of hydrogen-bond acceptors (Lipinski definition) is 3. The van der Waals surface area contributed by atoms with Gasteiger partial charge in [-0.05, 0) is 68.2 Å². The van der Waals surface area contributed by atoms with Gasteiger partial charge < -0.3 is 0 Å². The van der Waals surface area contributed by atoms with Gasteiger partial charge in [-0.15, -0.1) is 0 Å². The van der Waals surface area contributed by atoms with Crippen molar-refractivity contribution < 1.29 is 4.79 Å². The van der Waals surface area contributed by atoms with Crippen LogP contribution in [0.3, 0.4) is 0 Å². The van der Waals surface area contributed by atoms with E-state index in [0.29, 0.717) is 6.67 Å². The summed E-state index contributed by atoms with van der Waals surface area (Å²) in [4.78, 5) is 19.2. The predicted octanol–water partition coefficient (Wildman–Crippen LogP) is 6.53. The lowest BCUT2D eigenvalue weighted by Crippen LogP contribution is -2.42. The first-order chi connectivity index (χ1) is 16.8. The average Bonchev–Trinajstić information content (AvgIpc) is 3.36. The number of benzene rings is 3. The summed E-state index contributed by atoms with van der Waals surface area (Å²) in [5.74, 6) is 0.0966. The first-order valence-corrected chi connectivity index (χ1v) is 12.7. The lowest BCUT2D eigenvalue weighted by atomic mass is 10.0. The Bertz CT molecular complexity index is 1370. The van der Waals surface area contributed by atoms with Gasteiger partial charge in [0, 0.05) is 33.2 Å². The molecule has 4 aromatic rings. The molecule has 0 radical (unpaired) electrons. The van der Waals surface area contributed by atoms with Gasteiger partial charge in [-0.25, -0.2) is 0 Å². The Labute approximate surface area is 204 Å². The van der Waals surface area contributed by atoms with Gasteiger partial charge in [-0.2, -0.15) is 0 Å². The topological polar surface area (TPSA) is 28.5 Å².